The van der Waals surface area contributed by atoms with Crippen LogP contribution < -0.4 is 10.5 Å². The van der Waals surface area contributed by atoms with E-state index in [1.165, 1.54) is 19.0 Å². The van der Waals surface area contributed by atoms with Crippen LogP contribution in [0.15, 0.2) is 39.9 Å². The van der Waals surface area contributed by atoms with Gasteiger partial charge in [-0.25, -0.2) is 4.79 Å². The Labute approximate surface area is 153 Å². The fourth-order valence-corrected chi connectivity index (χ4v) is 2.52. The Morgan fingerprint density at radius 1 is 1.42 bits per heavy atom. The van der Waals surface area contributed by atoms with Crippen molar-refractivity contribution >= 4 is 22.7 Å². The van der Waals surface area contributed by atoms with Gasteiger partial charge in [-0.05, 0) is 56.2 Å². The van der Waals surface area contributed by atoms with Gasteiger partial charge in [0.2, 0.25) is 0 Å². The van der Waals surface area contributed by atoms with Crippen LogP contribution in [0.1, 0.15) is 42.8 Å². The van der Waals surface area contributed by atoms with Crippen molar-refractivity contribution in [3.05, 3.63) is 41.8 Å². The van der Waals surface area contributed by atoms with Crippen molar-refractivity contribution in [3.8, 4) is 5.75 Å². The number of nitrogens with zero attached hydrogens (tertiary/aromatic N) is 1. The summed E-state index contributed by atoms with van der Waals surface area (Å²) >= 11 is 0. The number of ether oxygens (including phenoxy) is 1. The summed E-state index contributed by atoms with van der Waals surface area (Å²) in [5.74, 6) is 0.624. The number of rotatable bonds is 7. The largest absolute Gasteiger partial charge is 0.487 e. The highest BCUT2D eigenvalue weighted by molar-refractivity contribution is 6.04. The van der Waals surface area contributed by atoms with Gasteiger partial charge < -0.3 is 20.0 Å². The van der Waals surface area contributed by atoms with E-state index < -0.39 is 5.97 Å². The maximum atomic E-state index is 11.4. The van der Waals surface area contributed by atoms with Gasteiger partial charge in [-0.2, -0.15) is 0 Å². The third-order valence-electron chi connectivity index (χ3n) is 3.97. The monoisotopic (exact) mass is 358 g/mol. The molecule has 0 bridgehead atoms. The first-order valence-corrected chi connectivity index (χ1v) is 8.89. The number of carboxylic acids is 1. The zero-order valence-corrected chi connectivity index (χ0v) is 15.5. The minimum Gasteiger partial charge on any atom is -0.487 e. The van der Waals surface area contributed by atoms with E-state index in [0.717, 1.165) is 12.3 Å². The highest BCUT2D eigenvalue weighted by atomic mass is 16.5. The molecule has 0 saturated heterocycles. The van der Waals surface area contributed by atoms with Crippen LogP contribution in [0.25, 0.3) is 11.0 Å². The first-order valence-electron chi connectivity index (χ1n) is 8.89. The number of hydrogen-bond acceptors (Lipinski definition) is 5. The molecule has 1 aliphatic rings. The molecule has 1 saturated carbocycles. The summed E-state index contributed by atoms with van der Waals surface area (Å²) in [6.07, 6.45) is 5.64. The molecule has 140 valence electrons. The second-order valence-electron chi connectivity index (χ2n) is 5.92. The number of fused-ring (bicyclic) bond motifs is 1. The van der Waals surface area contributed by atoms with Crippen molar-refractivity contribution in [2.75, 3.05) is 13.2 Å². The molecular formula is C20H26N2O4. The molecule has 26 heavy (non-hydrogen) atoms. The van der Waals surface area contributed by atoms with E-state index in [9.17, 15) is 9.90 Å². The lowest BCUT2D eigenvalue weighted by atomic mass is 10.1. The third kappa shape index (κ3) is 4.88. The SMILES string of the molecule is CC.Cc1oc2ccc(OCC(/C=C\N)=NCC3CC3)cc2c1C(=O)O. The van der Waals surface area contributed by atoms with Crippen molar-refractivity contribution in [2.24, 2.45) is 16.6 Å². The van der Waals surface area contributed by atoms with Crippen LogP contribution >= 0.6 is 0 Å². The van der Waals surface area contributed by atoms with Crippen LogP contribution in [0.5, 0.6) is 5.75 Å². The van der Waals surface area contributed by atoms with E-state index in [0.29, 0.717) is 28.4 Å². The summed E-state index contributed by atoms with van der Waals surface area (Å²) in [7, 11) is 0. The van der Waals surface area contributed by atoms with Crippen LogP contribution in [0.4, 0.5) is 0 Å². The van der Waals surface area contributed by atoms with Crippen LogP contribution in [-0.2, 0) is 0 Å². The number of furan rings is 1. The lowest BCUT2D eigenvalue weighted by Gasteiger charge is -2.07. The first kappa shape index (κ1) is 19.6. The van der Waals surface area contributed by atoms with Crippen LogP contribution in [0.3, 0.4) is 0 Å². The minimum absolute atomic E-state index is 0.167. The Morgan fingerprint density at radius 3 is 2.77 bits per heavy atom. The molecule has 0 radical (unpaired) electrons. The van der Waals surface area contributed by atoms with Gasteiger partial charge in [-0.3, -0.25) is 4.99 Å². The second kappa shape index (κ2) is 9.08. The predicted octanol–water partition coefficient (Wildman–Crippen LogP) is 4.17. The molecule has 0 atom stereocenters. The fourth-order valence-electron chi connectivity index (χ4n) is 2.52. The van der Waals surface area contributed by atoms with Gasteiger partial charge in [0.1, 0.15) is 29.3 Å². The number of carbonyl (C=O) groups is 1. The molecule has 1 aromatic heterocycles. The summed E-state index contributed by atoms with van der Waals surface area (Å²) in [6.45, 7) is 6.72. The van der Waals surface area contributed by atoms with Crippen molar-refractivity contribution < 1.29 is 19.1 Å². The molecule has 1 fully saturated rings. The topological polar surface area (TPSA) is 98.0 Å². The van der Waals surface area contributed by atoms with E-state index in [1.807, 2.05) is 13.8 Å². The van der Waals surface area contributed by atoms with E-state index in [2.05, 4.69) is 4.99 Å². The Hall–Kier alpha value is -2.76. The van der Waals surface area contributed by atoms with E-state index in [4.69, 9.17) is 14.9 Å². The van der Waals surface area contributed by atoms with Crippen LogP contribution in [0, 0.1) is 12.8 Å². The maximum Gasteiger partial charge on any atom is 0.339 e. The van der Waals surface area contributed by atoms with Gasteiger partial charge in [-0.1, -0.05) is 13.8 Å². The Bertz CT molecular complexity index is 817. The highest BCUT2D eigenvalue weighted by Crippen LogP contribution is 2.30. The lowest BCUT2D eigenvalue weighted by Crippen LogP contribution is -2.11. The zero-order chi connectivity index (χ0) is 19.1. The molecular weight excluding hydrogens is 332 g/mol. The van der Waals surface area contributed by atoms with Crippen LogP contribution in [-0.4, -0.2) is 29.9 Å². The molecule has 6 heteroatoms. The first-order chi connectivity index (χ1) is 12.6. The van der Waals surface area contributed by atoms with Crippen molar-refractivity contribution in [1.29, 1.82) is 0 Å². The summed E-state index contributed by atoms with van der Waals surface area (Å²) in [5, 5.41) is 9.85. The van der Waals surface area contributed by atoms with Gasteiger partial charge in [0.05, 0.1) is 5.71 Å². The zero-order valence-electron chi connectivity index (χ0n) is 15.5. The van der Waals surface area contributed by atoms with Gasteiger partial charge in [-0.15, -0.1) is 0 Å². The van der Waals surface area contributed by atoms with Crippen molar-refractivity contribution in [1.82, 2.24) is 0 Å². The average molecular weight is 358 g/mol. The number of hydrogen-bond donors (Lipinski definition) is 2. The second-order valence-corrected chi connectivity index (χ2v) is 5.92. The summed E-state index contributed by atoms with van der Waals surface area (Å²) in [4.78, 5) is 15.9. The van der Waals surface area contributed by atoms with E-state index in [-0.39, 0.29) is 12.2 Å². The van der Waals surface area contributed by atoms with Crippen molar-refractivity contribution in [3.63, 3.8) is 0 Å². The summed E-state index contributed by atoms with van der Waals surface area (Å²) in [6, 6.07) is 5.14. The molecule has 0 aliphatic heterocycles. The molecule has 2 aromatic rings. The van der Waals surface area contributed by atoms with Crippen molar-refractivity contribution in [2.45, 2.75) is 33.6 Å². The molecule has 1 aliphatic carbocycles. The molecule has 1 heterocycles. The minimum atomic E-state index is -1.01. The maximum absolute atomic E-state index is 11.4. The highest BCUT2D eigenvalue weighted by Gasteiger charge is 2.20. The number of aromatic carboxylic acids is 1. The van der Waals surface area contributed by atoms with Gasteiger partial charge in [0.25, 0.3) is 0 Å². The standard InChI is InChI=1S/C18H20N2O4.C2H6/c1-11-17(18(21)22)15-8-14(4-5-16(15)24-11)23-10-13(6-7-19)20-9-12-2-3-12;1-2/h4-8,12H,2-3,9-10,19H2,1H3,(H,21,22);1-2H3/b7-6-,20-13?;. The smallest absolute Gasteiger partial charge is 0.339 e. The number of benzene rings is 1. The molecule has 3 N–H and O–H groups in total. The normalized spacial score (nSPS) is 14.3. The van der Waals surface area contributed by atoms with Crippen LogP contribution in [0.2, 0.25) is 0 Å². The van der Waals surface area contributed by atoms with E-state index >= 15 is 0 Å². The molecule has 0 unspecified atom stereocenters. The number of carboxylic acid groups (broad SMARTS) is 1. The summed E-state index contributed by atoms with van der Waals surface area (Å²) < 4.78 is 11.2. The molecule has 0 amide bonds. The third-order valence-corrected chi connectivity index (χ3v) is 3.97. The molecule has 1 aromatic carbocycles. The van der Waals surface area contributed by atoms with Gasteiger partial charge in [0.15, 0.2) is 0 Å². The Morgan fingerprint density at radius 2 is 2.15 bits per heavy atom. The van der Waals surface area contributed by atoms with Gasteiger partial charge >= 0.3 is 5.97 Å². The Balaban J connectivity index is 0.00000117. The number of nitrogens with two attached hydrogens (primary N) is 1. The van der Waals surface area contributed by atoms with E-state index in [1.54, 1.807) is 31.2 Å². The Kier molecular flexibility index (Phi) is 6.83. The quantitative estimate of drug-likeness (QED) is 0.724. The summed E-state index contributed by atoms with van der Waals surface area (Å²) in [5.41, 5.74) is 6.92. The molecule has 3 rings (SSSR count). The molecule has 6 nitrogen and oxygen atoms in total. The number of aryl methyl sites for hydroxylation is 1. The molecule has 0 spiro atoms. The number of aliphatic imine (C=N–C) groups is 1. The lowest BCUT2D eigenvalue weighted by molar-refractivity contribution is 0.0697. The fraction of sp³-hybridized carbons (Fsp3) is 0.400. The predicted molar refractivity (Wildman–Crippen MR) is 103 cm³/mol. The van der Waals surface area contributed by atoms with Gasteiger partial charge in [0, 0.05) is 11.9 Å². The average Bonchev–Trinajstić information content (AvgIpc) is 3.39.